The minimum absolute atomic E-state index is 0.0905. The van der Waals surface area contributed by atoms with Crippen molar-refractivity contribution in [1.29, 1.82) is 0 Å². The number of ketones is 1. The van der Waals surface area contributed by atoms with Gasteiger partial charge in [-0.05, 0) is 37.6 Å². The number of esters is 1. The maximum absolute atomic E-state index is 12.5. The highest BCUT2D eigenvalue weighted by Crippen LogP contribution is 2.34. The first-order valence-electron chi connectivity index (χ1n) is 10.3. The van der Waals surface area contributed by atoms with E-state index in [2.05, 4.69) is 17.0 Å². The summed E-state index contributed by atoms with van der Waals surface area (Å²) in [5.74, 6) is -0.497. The molecule has 3 heterocycles. The fourth-order valence-corrected chi connectivity index (χ4v) is 4.15. The molecule has 0 saturated carbocycles. The number of benzene rings is 1. The molecule has 1 fully saturated rings. The maximum atomic E-state index is 12.5. The second-order valence-electron chi connectivity index (χ2n) is 7.45. The summed E-state index contributed by atoms with van der Waals surface area (Å²) < 4.78 is 12.6. The summed E-state index contributed by atoms with van der Waals surface area (Å²) in [5, 5.41) is 0. The maximum Gasteiger partial charge on any atom is 0.338 e. The van der Waals surface area contributed by atoms with Crippen LogP contribution in [0.15, 0.2) is 42.6 Å². The SMILES string of the molecule is CCOC(=O)c1cc2cc(-c3ccccc3N3CCOCC3)cn2c(C(C)=O)c1C. The number of nitrogens with zero attached hydrogens (tertiary/aromatic N) is 2. The Labute approximate surface area is 176 Å². The van der Waals surface area contributed by atoms with Crippen molar-refractivity contribution in [2.75, 3.05) is 37.8 Å². The Balaban J connectivity index is 1.88. The van der Waals surface area contributed by atoms with Crippen molar-refractivity contribution in [2.24, 2.45) is 0 Å². The van der Waals surface area contributed by atoms with Crippen LogP contribution in [0.2, 0.25) is 0 Å². The molecule has 0 atom stereocenters. The largest absolute Gasteiger partial charge is 0.462 e. The van der Waals surface area contributed by atoms with Gasteiger partial charge in [-0.25, -0.2) is 4.79 Å². The third-order valence-corrected chi connectivity index (χ3v) is 5.54. The Morgan fingerprint density at radius 2 is 1.87 bits per heavy atom. The summed E-state index contributed by atoms with van der Waals surface area (Å²) in [6, 6.07) is 12.1. The van der Waals surface area contributed by atoms with Gasteiger partial charge in [0.05, 0.1) is 31.1 Å². The topological polar surface area (TPSA) is 60.2 Å². The average molecular weight is 406 g/mol. The zero-order valence-corrected chi connectivity index (χ0v) is 17.6. The second-order valence-corrected chi connectivity index (χ2v) is 7.45. The molecule has 0 bridgehead atoms. The van der Waals surface area contributed by atoms with Gasteiger partial charge in [0.15, 0.2) is 5.78 Å². The minimum Gasteiger partial charge on any atom is -0.462 e. The molecule has 1 saturated heterocycles. The van der Waals surface area contributed by atoms with E-state index in [1.165, 1.54) is 6.92 Å². The van der Waals surface area contributed by atoms with Crippen molar-refractivity contribution in [2.45, 2.75) is 20.8 Å². The lowest BCUT2D eigenvalue weighted by Crippen LogP contribution is -2.36. The molecule has 2 aromatic heterocycles. The lowest BCUT2D eigenvalue weighted by molar-refractivity contribution is 0.0525. The molecule has 0 unspecified atom stereocenters. The van der Waals surface area contributed by atoms with Gasteiger partial charge in [-0.2, -0.15) is 0 Å². The van der Waals surface area contributed by atoms with Crippen LogP contribution in [0.3, 0.4) is 0 Å². The molecule has 6 nitrogen and oxygen atoms in total. The van der Waals surface area contributed by atoms with Crippen LogP contribution in [0.25, 0.3) is 16.6 Å². The molecular formula is C24H26N2O4. The first-order chi connectivity index (χ1) is 14.5. The van der Waals surface area contributed by atoms with E-state index in [1.54, 1.807) is 19.9 Å². The molecule has 1 aliphatic heterocycles. The van der Waals surface area contributed by atoms with Gasteiger partial charge in [0.1, 0.15) is 0 Å². The molecule has 1 aromatic carbocycles. The van der Waals surface area contributed by atoms with Gasteiger partial charge in [0.2, 0.25) is 0 Å². The summed E-state index contributed by atoms with van der Waals surface area (Å²) in [6.07, 6.45) is 1.98. The number of anilines is 1. The number of morpholine rings is 1. The molecular weight excluding hydrogens is 380 g/mol. The van der Waals surface area contributed by atoms with E-state index in [0.717, 1.165) is 35.4 Å². The third kappa shape index (κ3) is 3.59. The molecule has 0 amide bonds. The van der Waals surface area contributed by atoms with Gasteiger partial charge in [-0.15, -0.1) is 0 Å². The molecule has 4 rings (SSSR count). The standard InChI is InChI=1S/C24H26N2O4/c1-4-30-24(28)21-14-19-13-18(15-26(19)23(16(21)2)17(3)27)20-7-5-6-8-22(20)25-9-11-29-12-10-25/h5-8,13-15H,4,9-12H2,1-3H3. The van der Waals surface area contributed by atoms with Crippen molar-refractivity contribution in [3.8, 4) is 11.1 Å². The van der Waals surface area contributed by atoms with Crippen LogP contribution in [0.4, 0.5) is 5.69 Å². The average Bonchev–Trinajstić information content (AvgIpc) is 3.17. The van der Waals surface area contributed by atoms with Gasteiger partial charge >= 0.3 is 5.97 Å². The fraction of sp³-hybridized carbons (Fsp3) is 0.333. The van der Waals surface area contributed by atoms with Crippen molar-refractivity contribution in [1.82, 2.24) is 4.40 Å². The smallest absolute Gasteiger partial charge is 0.338 e. The van der Waals surface area contributed by atoms with E-state index in [4.69, 9.17) is 9.47 Å². The number of hydrogen-bond donors (Lipinski definition) is 0. The molecule has 1 aliphatic rings. The molecule has 3 aromatic rings. The van der Waals surface area contributed by atoms with Crippen LogP contribution >= 0.6 is 0 Å². The van der Waals surface area contributed by atoms with Crippen LogP contribution < -0.4 is 4.90 Å². The van der Waals surface area contributed by atoms with Gasteiger partial charge in [-0.1, -0.05) is 18.2 Å². The number of carbonyl (C=O) groups is 2. The number of pyridine rings is 1. The van der Waals surface area contributed by atoms with Crippen molar-refractivity contribution >= 4 is 23.0 Å². The van der Waals surface area contributed by atoms with Crippen molar-refractivity contribution < 1.29 is 19.1 Å². The lowest BCUT2D eigenvalue weighted by Gasteiger charge is -2.30. The van der Waals surface area contributed by atoms with E-state index in [9.17, 15) is 9.59 Å². The Hall–Kier alpha value is -3.12. The minimum atomic E-state index is -0.406. The van der Waals surface area contributed by atoms with Crippen molar-refractivity contribution in [3.63, 3.8) is 0 Å². The zero-order valence-electron chi connectivity index (χ0n) is 17.6. The normalized spacial score (nSPS) is 14.2. The Morgan fingerprint density at radius 1 is 1.13 bits per heavy atom. The number of fused-ring (bicyclic) bond motifs is 1. The molecule has 0 spiro atoms. The summed E-state index contributed by atoms with van der Waals surface area (Å²) >= 11 is 0. The quantitative estimate of drug-likeness (QED) is 0.471. The molecule has 0 radical (unpaired) electrons. The number of carbonyl (C=O) groups excluding carboxylic acids is 2. The molecule has 0 aliphatic carbocycles. The van der Waals surface area contributed by atoms with Gasteiger partial charge < -0.3 is 18.8 Å². The number of aromatic nitrogens is 1. The summed E-state index contributed by atoms with van der Waals surface area (Å²) in [5.41, 5.74) is 5.60. The van der Waals surface area contributed by atoms with E-state index < -0.39 is 5.97 Å². The second kappa shape index (κ2) is 8.32. The van der Waals surface area contributed by atoms with Crippen LogP contribution in [-0.2, 0) is 9.47 Å². The molecule has 156 valence electrons. The van der Waals surface area contributed by atoms with Gasteiger partial charge in [0, 0.05) is 48.5 Å². The number of rotatable bonds is 5. The Bertz CT molecular complexity index is 1110. The van der Waals surface area contributed by atoms with Crippen LogP contribution in [0.1, 0.15) is 40.3 Å². The van der Waals surface area contributed by atoms with Gasteiger partial charge in [0.25, 0.3) is 0 Å². The highest BCUT2D eigenvalue weighted by atomic mass is 16.5. The Morgan fingerprint density at radius 3 is 2.57 bits per heavy atom. The Kier molecular flexibility index (Phi) is 5.59. The first-order valence-corrected chi connectivity index (χ1v) is 10.3. The number of hydrogen-bond acceptors (Lipinski definition) is 5. The molecule has 30 heavy (non-hydrogen) atoms. The highest BCUT2D eigenvalue weighted by molar-refractivity contribution is 6.01. The third-order valence-electron chi connectivity index (χ3n) is 5.54. The molecule has 6 heteroatoms. The number of para-hydroxylation sites is 1. The predicted molar refractivity (Wildman–Crippen MR) is 117 cm³/mol. The zero-order chi connectivity index (χ0) is 21.3. The van der Waals surface area contributed by atoms with Crippen LogP contribution in [0, 0.1) is 6.92 Å². The van der Waals surface area contributed by atoms with Crippen LogP contribution in [-0.4, -0.2) is 49.1 Å². The summed E-state index contributed by atoms with van der Waals surface area (Å²) in [7, 11) is 0. The van der Waals surface area contributed by atoms with E-state index in [1.807, 2.05) is 28.8 Å². The van der Waals surface area contributed by atoms with Gasteiger partial charge in [-0.3, -0.25) is 4.79 Å². The number of ether oxygens (including phenoxy) is 2. The first kappa shape index (κ1) is 20.2. The van der Waals surface area contributed by atoms with E-state index in [-0.39, 0.29) is 12.4 Å². The summed E-state index contributed by atoms with van der Waals surface area (Å²) in [4.78, 5) is 27.3. The predicted octanol–water partition coefficient (Wildman–Crippen LogP) is 4.13. The van der Waals surface area contributed by atoms with E-state index >= 15 is 0 Å². The summed E-state index contributed by atoms with van der Waals surface area (Å²) in [6.45, 7) is 8.49. The van der Waals surface area contributed by atoms with Crippen LogP contribution in [0.5, 0.6) is 0 Å². The monoisotopic (exact) mass is 406 g/mol. The fourth-order valence-electron chi connectivity index (χ4n) is 4.15. The highest BCUT2D eigenvalue weighted by Gasteiger charge is 2.21. The van der Waals surface area contributed by atoms with E-state index in [0.29, 0.717) is 30.0 Å². The number of Topliss-reactive ketones (excluding diaryl/α,β-unsaturated/α-hetero) is 1. The van der Waals surface area contributed by atoms with Crippen molar-refractivity contribution in [3.05, 3.63) is 59.4 Å². The lowest BCUT2D eigenvalue weighted by atomic mass is 10.0. The molecule has 0 N–H and O–H groups in total.